The van der Waals surface area contributed by atoms with Gasteiger partial charge < -0.3 is 14.6 Å². The van der Waals surface area contributed by atoms with Crippen LogP contribution in [0.3, 0.4) is 0 Å². The van der Waals surface area contributed by atoms with Crippen molar-refractivity contribution in [3.8, 4) is 0 Å². The Bertz CT molecular complexity index is 50.9. The Morgan fingerprint density at radius 3 is 1.86 bits per heavy atom. The number of carbonyl (C=O) groups is 1. The molecule has 0 aromatic heterocycles. The average Bonchev–Trinajstić information content (AvgIpc) is 1.73. The fraction of sp³-hybridized carbons (Fsp3) is 0.250. The summed E-state index contributed by atoms with van der Waals surface area (Å²) in [5.74, 6) is 0. The molecule has 3 nitrogen and oxygen atoms in total. The summed E-state index contributed by atoms with van der Waals surface area (Å²) in [6, 6.07) is 0. The van der Waals surface area contributed by atoms with Crippen molar-refractivity contribution in [2.45, 2.75) is 0 Å². The predicted octanol–water partition coefficient (Wildman–Crippen LogP) is -0.222. The second-order valence-corrected chi connectivity index (χ2v) is 0.454. The number of carbonyl (C=O) groups excluding carboxylic acids is 1. The van der Waals surface area contributed by atoms with E-state index in [4.69, 9.17) is 9.90 Å². The van der Waals surface area contributed by atoms with Gasteiger partial charge in [-0.3, -0.25) is 0 Å². The maximum Gasteiger partial charge on any atom is 0.251 e. The monoisotopic (exact) mass is 103 g/mol. The fourth-order valence-electron chi connectivity index (χ4n) is 0. The van der Waals surface area contributed by atoms with Crippen LogP contribution in [0.5, 0.6) is 0 Å². The second kappa shape index (κ2) is 8.89. The molecule has 0 atom stereocenters. The molecule has 0 fully saturated rings. The molecule has 0 rings (SSSR count). The third-order valence-corrected chi connectivity index (χ3v) is 0.167. The minimum atomic E-state index is -1.50. The van der Waals surface area contributed by atoms with E-state index in [1.165, 1.54) is 0 Å². The average molecular weight is 103 g/mol. The predicted molar refractivity (Wildman–Crippen MR) is 23.7 cm³/mol. The van der Waals surface area contributed by atoms with Gasteiger partial charge in [-0.05, 0) is 0 Å². The number of carboxylic acid groups (broad SMARTS) is 1. The molecule has 0 aromatic rings. The molecule has 0 amide bonds. The lowest BCUT2D eigenvalue weighted by molar-refractivity contribution is -0.279. The topological polar surface area (TPSA) is 49.4 Å². The molecule has 0 N–H and O–H groups in total. The Morgan fingerprint density at radius 1 is 1.71 bits per heavy atom. The number of methoxy groups -OCH3 is 1. The number of hydrogen-bond donors (Lipinski definition) is 0. The largest absolute Gasteiger partial charge is 0.553 e. The van der Waals surface area contributed by atoms with Gasteiger partial charge in [0, 0.05) is 7.11 Å². The zero-order valence-electron chi connectivity index (χ0n) is 4.14. The van der Waals surface area contributed by atoms with Gasteiger partial charge in [-0.1, -0.05) is 0 Å². The lowest BCUT2D eigenvalue weighted by Crippen LogP contribution is -2.21. The number of ether oxygens (including phenoxy) is 1. The molecule has 0 aliphatic rings. The third-order valence-electron chi connectivity index (χ3n) is 0.167. The van der Waals surface area contributed by atoms with E-state index in [1.54, 1.807) is 0 Å². The first-order valence-electron chi connectivity index (χ1n) is 1.52. The van der Waals surface area contributed by atoms with Crippen LogP contribution in [0.2, 0.25) is 0 Å². The first-order chi connectivity index (χ1) is 3.27. The Hall–Kier alpha value is -0.990. The summed E-state index contributed by atoms with van der Waals surface area (Å²) in [7, 11) is 1.04. The van der Waals surface area contributed by atoms with Gasteiger partial charge in [-0.25, -0.2) is 0 Å². The summed E-state index contributed by atoms with van der Waals surface area (Å²) in [5.41, 5.74) is 0. The smallest absolute Gasteiger partial charge is 0.251 e. The normalized spacial score (nSPS) is 5.29. The van der Waals surface area contributed by atoms with Gasteiger partial charge in [-0.2, -0.15) is 0 Å². The van der Waals surface area contributed by atoms with Gasteiger partial charge in [-0.15, -0.1) is 13.2 Å². The molecule has 0 saturated carbocycles. The van der Waals surface area contributed by atoms with Crippen molar-refractivity contribution in [3.05, 3.63) is 13.2 Å². The van der Waals surface area contributed by atoms with E-state index in [1.807, 2.05) is 0 Å². The van der Waals surface area contributed by atoms with Crippen LogP contribution >= 0.6 is 0 Å². The quantitative estimate of drug-likeness (QED) is 0.314. The zero-order chi connectivity index (χ0) is 6.28. The summed E-state index contributed by atoms with van der Waals surface area (Å²) in [6.07, 6.45) is -1.50. The van der Waals surface area contributed by atoms with Crippen LogP contribution in [-0.4, -0.2) is 13.3 Å². The van der Waals surface area contributed by atoms with E-state index in [0.29, 0.717) is 0 Å². The SMILES string of the molecule is C=C.COC(=O)[O-]. The van der Waals surface area contributed by atoms with Crippen LogP contribution in [0.1, 0.15) is 0 Å². The highest BCUT2D eigenvalue weighted by atomic mass is 16.6. The molecule has 0 unspecified atom stereocenters. The Labute approximate surface area is 42.2 Å². The van der Waals surface area contributed by atoms with Gasteiger partial charge in [0.15, 0.2) is 0 Å². The zero-order valence-corrected chi connectivity index (χ0v) is 4.14. The van der Waals surface area contributed by atoms with Crippen molar-refractivity contribution in [2.24, 2.45) is 0 Å². The minimum absolute atomic E-state index is 1.04. The van der Waals surface area contributed by atoms with Gasteiger partial charge >= 0.3 is 0 Å². The molecule has 7 heavy (non-hydrogen) atoms. The summed E-state index contributed by atoms with van der Waals surface area (Å²) < 4.78 is 3.56. The molecule has 0 aliphatic heterocycles. The van der Waals surface area contributed by atoms with Crippen molar-refractivity contribution in [1.82, 2.24) is 0 Å². The van der Waals surface area contributed by atoms with Crippen molar-refractivity contribution in [2.75, 3.05) is 7.11 Å². The summed E-state index contributed by atoms with van der Waals surface area (Å²) in [4.78, 5) is 9.03. The molecule has 42 valence electrons. The highest BCUT2D eigenvalue weighted by molar-refractivity contribution is 5.53. The van der Waals surface area contributed by atoms with Crippen LogP contribution in [0.4, 0.5) is 4.79 Å². The molecule has 0 aliphatic carbocycles. The van der Waals surface area contributed by atoms with Crippen LogP contribution in [0.25, 0.3) is 0 Å². The van der Waals surface area contributed by atoms with Gasteiger partial charge in [0.1, 0.15) is 0 Å². The molecule has 0 radical (unpaired) electrons. The van der Waals surface area contributed by atoms with E-state index >= 15 is 0 Å². The maximum atomic E-state index is 9.03. The molecule has 0 aromatic carbocycles. The van der Waals surface area contributed by atoms with E-state index in [2.05, 4.69) is 17.9 Å². The molecule has 3 heteroatoms. The highest BCUT2D eigenvalue weighted by Crippen LogP contribution is 1.53. The molecule has 0 heterocycles. The molecule has 0 spiro atoms. The molecule has 0 saturated heterocycles. The lowest BCUT2D eigenvalue weighted by Gasteiger charge is -1.92. The van der Waals surface area contributed by atoms with E-state index in [0.717, 1.165) is 7.11 Å². The van der Waals surface area contributed by atoms with Crippen LogP contribution < -0.4 is 5.11 Å². The number of rotatable bonds is 0. The molecular formula is C4H7O3-. The van der Waals surface area contributed by atoms with Crippen molar-refractivity contribution < 1.29 is 14.6 Å². The Morgan fingerprint density at radius 2 is 1.86 bits per heavy atom. The van der Waals surface area contributed by atoms with Gasteiger partial charge in [0.05, 0.1) is 0 Å². The van der Waals surface area contributed by atoms with Gasteiger partial charge in [0.25, 0.3) is 6.16 Å². The summed E-state index contributed by atoms with van der Waals surface area (Å²) >= 11 is 0. The van der Waals surface area contributed by atoms with E-state index in [9.17, 15) is 0 Å². The molecular weight excluding hydrogens is 96.0 g/mol. The maximum absolute atomic E-state index is 9.03. The molecule has 0 bridgehead atoms. The van der Waals surface area contributed by atoms with Gasteiger partial charge in [0.2, 0.25) is 0 Å². The van der Waals surface area contributed by atoms with Crippen molar-refractivity contribution in [3.63, 3.8) is 0 Å². The van der Waals surface area contributed by atoms with Crippen molar-refractivity contribution in [1.29, 1.82) is 0 Å². The Kier molecular flexibility index (Phi) is 11.9. The first-order valence-corrected chi connectivity index (χ1v) is 1.52. The fourth-order valence-corrected chi connectivity index (χ4v) is 0. The summed E-state index contributed by atoms with van der Waals surface area (Å²) in [6.45, 7) is 6.00. The van der Waals surface area contributed by atoms with Crippen LogP contribution in [0, 0.1) is 0 Å². The Balaban J connectivity index is 0. The first kappa shape index (κ1) is 9.38. The number of hydrogen-bond acceptors (Lipinski definition) is 3. The van der Waals surface area contributed by atoms with Crippen LogP contribution in [0.15, 0.2) is 13.2 Å². The van der Waals surface area contributed by atoms with Crippen molar-refractivity contribution >= 4 is 6.16 Å². The minimum Gasteiger partial charge on any atom is -0.553 e. The second-order valence-electron chi connectivity index (χ2n) is 0.454. The van der Waals surface area contributed by atoms with E-state index in [-0.39, 0.29) is 0 Å². The summed E-state index contributed by atoms with van der Waals surface area (Å²) in [5, 5.41) is 9.03. The van der Waals surface area contributed by atoms with E-state index < -0.39 is 6.16 Å². The lowest BCUT2D eigenvalue weighted by atomic mass is 11.3. The third kappa shape index (κ3) is 44.5. The highest BCUT2D eigenvalue weighted by Gasteiger charge is 1.63. The van der Waals surface area contributed by atoms with Crippen LogP contribution in [-0.2, 0) is 4.74 Å². The standard InChI is InChI=1S/C2H4O3.C2H4/c1-5-2(3)4;1-2/h1H3,(H,3,4);1-2H2/p-1.